The van der Waals surface area contributed by atoms with Gasteiger partial charge >= 0.3 is 5.97 Å². The summed E-state index contributed by atoms with van der Waals surface area (Å²) in [6.45, 7) is 2.38. The maximum atomic E-state index is 12.9. The molecule has 0 unspecified atom stereocenters. The summed E-state index contributed by atoms with van der Waals surface area (Å²) in [5.41, 5.74) is 2.62. The van der Waals surface area contributed by atoms with E-state index < -0.39 is 11.9 Å². The molecule has 1 aliphatic heterocycles. The third kappa shape index (κ3) is 3.62. The summed E-state index contributed by atoms with van der Waals surface area (Å²) in [6.07, 6.45) is 0.149. The Balaban J connectivity index is 1.59. The quantitative estimate of drug-likeness (QED) is 0.810. The van der Waals surface area contributed by atoms with Crippen LogP contribution >= 0.6 is 0 Å². The van der Waals surface area contributed by atoms with Crippen molar-refractivity contribution in [3.63, 3.8) is 0 Å². The molecule has 3 rings (SSSR count). The number of aryl methyl sites for hydroxylation is 1. The zero-order chi connectivity index (χ0) is 17.1. The molecule has 1 amide bonds. The molecule has 0 radical (unpaired) electrons. The molecule has 0 aromatic heterocycles. The van der Waals surface area contributed by atoms with Gasteiger partial charge in [-0.1, -0.05) is 29.8 Å². The standard InChI is InChI=1S/C19H18FNO3/c1-13-2-8-17(9-3-13)21-11-15(10-18(21)22)19(23)24-12-14-4-6-16(20)7-5-14/h2-9,15H,10-12H2,1H3/t15-/m0/s1. The van der Waals surface area contributed by atoms with Crippen LogP contribution in [-0.4, -0.2) is 18.4 Å². The maximum absolute atomic E-state index is 12.9. The molecule has 5 heteroatoms. The second kappa shape index (κ2) is 6.83. The van der Waals surface area contributed by atoms with Crippen LogP contribution in [-0.2, 0) is 20.9 Å². The smallest absolute Gasteiger partial charge is 0.311 e. The van der Waals surface area contributed by atoms with Crippen LogP contribution in [0.4, 0.5) is 10.1 Å². The summed E-state index contributed by atoms with van der Waals surface area (Å²) in [4.78, 5) is 26.0. The van der Waals surface area contributed by atoms with Gasteiger partial charge in [0, 0.05) is 18.7 Å². The second-order valence-electron chi connectivity index (χ2n) is 5.98. The Kier molecular flexibility index (Phi) is 4.60. The first-order chi connectivity index (χ1) is 11.5. The number of benzene rings is 2. The number of carbonyl (C=O) groups excluding carboxylic acids is 2. The predicted octanol–water partition coefficient (Wildman–Crippen LogP) is 3.23. The fraction of sp³-hybridized carbons (Fsp3) is 0.263. The van der Waals surface area contributed by atoms with Gasteiger partial charge in [0.15, 0.2) is 0 Å². The Labute approximate surface area is 139 Å². The largest absolute Gasteiger partial charge is 0.461 e. The number of esters is 1. The van der Waals surface area contributed by atoms with E-state index in [0.717, 1.165) is 11.3 Å². The van der Waals surface area contributed by atoms with Crippen molar-refractivity contribution >= 4 is 17.6 Å². The van der Waals surface area contributed by atoms with Gasteiger partial charge in [0.2, 0.25) is 5.91 Å². The average molecular weight is 327 g/mol. The van der Waals surface area contributed by atoms with E-state index in [0.29, 0.717) is 12.1 Å². The average Bonchev–Trinajstić information content (AvgIpc) is 2.97. The minimum Gasteiger partial charge on any atom is -0.461 e. The zero-order valence-electron chi connectivity index (χ0n) is 13.4. The lowest BCUT2D eigenvalue weighted by atomic mass is 10.1. The van der Waals surface area contributed by atoms with Gasteiger partial charge in [-0.3, -0.25) is 9.59 Å². The molecule has 4 nitrogen and oxygen atoms in total. The molecule has 0 bridgehead atoms. The number of hydrogen-bond acceptors (Lipinski definition) is 3. The van der Waals surface area contributed by atoms with Crippen molar-refractivity contribution in [2.24, 2.45) is 5.92 Å². The van der Waals surface area contributed by atoms with Crippen LogP contribution < -0.4 is 4.90 Å². The Hall–Kier alpha value is -2.69. The number of halogens is 1. The summed E-state index contributed by atoms with van der Waals surface area (Å²) < 4.78 is 18.1. The Morgan fingerprint density at radius 2 is 1.83 bits per heavy atom. The highest BCUT2D eigenvalue weighted by Crippen LogP contribution is 2.26. The second-order valence-corrected chi connectivity index (χ2v) is 5.98. The maximum Gasteiger partial charge on any atom is 0.311 e. The van der Waals surface area contributed by atoms with Crippen molar-refractivity contribution in [3.05, 3.63) is 65.5 Å². The molecule has 0 N–H and O–H groups in total. The highest BCUT2D eigenvalue weighted by Gasteiger charge is 2.36. The van der Waals surface area contributed by atoms with Crippen LogP contribution in [0.3, 0.4) is 0 Å². The first-order valence-electron chi connectivity index (χ1n) is 7.81. The van der Waals surface area contributed by atoms with Crippen LogP contribution in [0.5, 0.6) is 0 Å². The number of nitrogens with zero attached hydrogens (tertiary/aromatic N) is 1. The van der Waals surface area contributed by atoms with Crippen molar-refractivity contribution in [1.82, 2.24) is 0 Å². The number of hydrogen-bond donors (Lipinski definition) is 0. The van der Waals surface area contributed by atoms with Crippen molar-refractivity contribution in [2.75, 3.05) is 11.4 Å². The van der Waals surface area contributed by atoms with Gasteiger partial charge in [0.1, 0.15) is 12.4 Å². The highest BCUT2D eigenvalue weighted by molar-refractivity contribution is 5.99. The molecule has 1 aliphatic rings. The van der Waals surface area contributed by atoms with Crippen molar-refractivity contribution in [1.29, 1.82) is 0 Å². The lowest BCUT2D eigenvalue weighted by Crippen LogP contribution is -2.26. The van der Waals surface area contributed by atoms with Crippen LogP contribution in [0, 0.1) is 18.7 Å². The molecule has 0 saturated carbocycles. The van der Waals surface area contributed by atoms with E-state index >= 15 is 0 Å². The molecule has 2 aromatic carbocycles. The van der Waals surface area contributed by atoms with Crippen LogP contribution in [0.2, 0.25) is 0 Å². The monoisotopic (exact) mass is 327 g/mol. The SMILES string of the molecule is Cc1ccc(N2C[C@@H](C(=O)OCc3ccc(F)cc3)CC2=O)cc1. The van der Waals surface area contributed by atoms with E-state index in [9.17, 15) is 14.0 Å². The van der Waals surface area contributed by atoms with Crippen molar-refractivity contribution in [2.45, 2.75) is 20.0 Å². The fourth-order valence-electron chi connectivity index (χ4n) is 2.69. The zero-order valence-corrected chi connectivity index (χ0v) is 13.4. The topological polar surface area (TPSA) is 46.6 Å². The molecule has 2 aromatic rings. The predicted molar refractivity (Wildman–Crippen MR) is 87.8 cm³/mol. The van der Waals surface area contributed by atoms with Crippen LogP contribution in [0.15, 0.2) is 48.5 Å². The van der Waals surface area contributed by atoms with E-state index in [2.05, 4.69) is 0 Å². The van der Waals surface area contributed by atoms with Gasteiger partial charge in [0.25, 0.3) is 0 Å². The third-order valence-corrected chi connectivity index (χ3v) is 4.10. The molecule has 124 valence electrons. The molecule has 1 fully saturated rings. The lowest BCUT2D eigenvalue weighted by molar-refractivity contribution is -0.149. The van der Waals surface area contributed by atoms with E-state index in [-0.39, 0.29) is 24.8 Å². The Morgan fingerprint density at radius 1 is 1.17 bits per heavy atom. The van der Waals surface area contributed by atoms with Crippen LogP contribution in [0.1, 0.15) is 17.5 Å². The minimum absolute atomic E-state index is 0.0777. The molecule has 1 saturated heterocycles. The highest BCUT2D eigenvalue weighted by atomic mass is 19.1. The van der Waals surface area contributed by atoms with Gasteiger partial charge < -0.3 is 9.64 Å². The molecule has 0 aliphatic carbocycles. The number of rotatable bonds is 4. The third-order valence-electron chi connectivity index (χ3n) is 4.10. The van der Waals surface area contributed by atoms with E-state index in [1.165, 1.54) is 12.1 Å². The van der Waals surface area contributed by atoms with Gasteiger partial charge in [-0.05, 0) is 36.8 Å². The van der Waals surface area contributed by atoms with E-state index in [1.54, 1.807) is 17.0 Å². The molecule has 0 spiro atoms. The minimum atomic E-state index is -0.473. The van der Waals surface area contributed by atoms with Crippen molar-refractivity contribution < 1.29 is 18.7 Å². The molecule has 24 heavy (non-hydrogen) atoms. The summed E-state index contributed by atoms with van der Waals surface area (Å²) in [5.74, 6) is -1.29. The Bertz CT molecular complexity index is 740. The van der Waals surface area contributed by atoms with Gasteiger partial charge in [-0.2, -0.15) is 0 Å². The van der Waals surface area contributed by atoms with Crippen molar-refractivity contribution in [3.8, 4) is 0 Å². The molecule has 1 heterocycles. The Morgan fingerprint density at radius 3 is 2.50 bits per heavy atom. The number of amides is 1. The lowest BCUT2D eigenvalue weighted by Gasteiger charge is -2.16. The summed E-state index contributed by atoms with van der Waals surface area (Å²) in [5, 5.41) is 0. The van der Waals surface area contributed by atoms with E-state index in [1.807, 2.05) is 31.2 Å². The summed E-state index contributed by atoms with van der Waals surface area (Å²) in [7, 11) is 0. The number of anilines is 1. The molecular formula is C19H18FNO3. The number of carbonyl (C=O) groups is 2. The normalized spacial score (nSPS) is 17.2. The first kappa shape index (κ1) is 16.2. The van der Waals surface area contributed by atoms with Gasteiger partial charge in [-0.25, -0.2) is 4.39 Å². The van der Waals surface area contributed by atoms with Gasteiger partial charge in [0.05, 0.1) is 5.92 Å². The summed E-state index contributed by atoms with van der Waals surface area (Å²) >= 11 is 0. The summed E-state index contributed by atoms with van der Waals surface area (Å²) in [6, 6.07) is 13.4. The first-order valence-corrected chi connectivity index (χ1v) is 7.81. The van der Waals surface area contributed by atoms with Crippen LogP contribution in [0.25, 0.3) is 0 Å². The molecular weight excluding hydrogens is 309 g/mol. The fourth-order valence-corrected chi connectivity index (χ4v) is 2.69. The van der Waals surface area contributed by atoms with Gasteiger partial charge in [-0.15, -0.1) is 0 Å². The van der Waals surface area contributed by atoms with E-state index in [4.69, 9.17) is 4.74 Å². The number of ether oxygens (including phenoxy) is 1. The molecule has 1 atom stereocenters.